The van der Waals surface area contributed by atoms with Gasteiger partial charge in [0, 0.05) is 5.39 Å². The van der Waals surface area contributed by atoms with Crippen LogP contribution in [-0.4, -0.2) is 11.9 Å². The zero-order valence-corrected chi connectivity index (χ0v) is 16.9. The SMILES string of the molecule is Cc1cc(OCc2ccccc2)c(C(=O)[C@H]2O[C@@H]2c2cc3ccccc3o2)cc1C. The molecule has 1 fully saturated rings. The highest BCUT2D eigenvalue weighted by Gasteiger charge is 2.49. The average molecular weight is 398 g/mol. The topological polar surface area (TPSA) is 52.0 Å². The molecule has 150 valence electrons. The highest BCUT2D eigenvalue weighted by molar-refractivity contribution is 6.04. The van der Waals surface area contributed by atoms with Crippen molar-refractivity contribution < 1.29 is 18.7 Å². The van der Waals surface area contributed by atoms with E-state index in [1.807, 2.05) is 86.6 Å². The van der Waals surface area contributed by atoms with Gasteiger partial charge in [-0.15, -0.1) is 0 Å². The largest absolute Gasteiger partial charge is 0.488 e. The van der Waals surface area contributed by atoms with Gasteiger partial charge in [-0.3, -0.25) is 4.79 Å². The van der Waals surface area contributed by atoms with Crippen molar-refractivity contribution in [3.05, 3.63) is 101 Å². The Kier molecular flexibility index (Phi) is 4.64. The van der Waals surface area contributed by atoms with E-state index in [1.165, 1.54) is 0 Å². The molecule has 0 aliphatic carbocycles. The minimum Gasteiger partial charge on any atom is -0.488 e. The van der Waals surface area contributed by atoms with Crippen molar-refractivity contribution in [1.29, 1.82) is 0 Å². The molecule has 4 heteroatoms. The molecule has 0 spiro atoms. The summed E-state index contributed by atoms with van der Waals surface area (Å²) in [7, 11) is 0. The molecule has 0 bridgehead atoms. The summed E-state index contributed by atoms with van der Waals surface area (Å²) in [6, 6.07) is 23.5. The van der Waals surface area contributed by atoms with Gasteiger partial charge in [0.15, 0.2) is 11.9 Å². The van der Waals surface area contributed by atoms with Crippen LogP contribution >= 0.6 is 0 Å². The van der Waals surface area contributed by atoms with E-state index in [9.17, 15) is 4.79 Å². The number of hydrogen-bond acceptors (Lipinski definition) is 4. The third-order valence-corrected chi connectivity index (χ3v) is 5.57. The fourth-order valence-electron chi connectivity index (χ4n) is 3.66. The van der Waals surface area contributed by atoms with Gasteiger partial charge in [-0.25, -0.2) is 0 Å². The van der Waals surface area contributed by atoms with E-state index >= 15 is 0 Å². The van der Waals surface area contributed by atoms with Crippen molar-refractivity contribution in [1.82, 2.24) is 0 Å². The lowest BCUT2D eigenvalue weighted by molar-refractivity contribution is 0.0949. The second kappa shape index (κ2) is 7.47. The average Bonchev–Trinajstić information content (AvgIpc) is 3.45. The van der Waals surface area contributed by atoms with Crippen LogP contribution in [-0.2, 0) is 11.3 Å². The molecule has 1 aromatic heterocycles. The fraction of sp³-hybridized carbons (Fsp3) is 0.192. The van der Waals surface area contributed by atoms with Crippen LogP contribution in [0.1, 0.15) is 38.9 Å². The van der Waals surface area contributed by atoms with Crippen LogP contribution in [0.2, 0.25) is 0 Å². The number of para-hydroxylation sites is 1. The van der Waals surface area contributed by atoms with Crippen LogP contribution < -0.4 is 4.74 Å². The van der Waals surface area contributed by atoms with Gasteiger partial charge in [0.1, 0.15) is 29.8 Å². The third-order valence-electron chi connectivity index (χ3n) is 5.57. The molecule has 1 aliphatic heterocycles. The Bertz CT molecular complexity index is 1190. The molecule has 4 nitrogen and oxygen atoms in total. The van der Waals surface area contributed by atoms with Crippen LogP contribution in [0, 0.1) is 13.8 Å². The van der Waals surface area contributed by atoms with Gasteiger partial charge < -0.3 is 13.9 Å². The van der Waals surface area contributed by atoms with Gasteiger partial charge in [-0.05, 0) is 54.8 Å². The summed E-state index contributed by atoms with van der Waals surface area (Å²) in [5.41, 5.74) is 4.54. The third kappa shape index (κ3) is 3.51. The van der Waals surface area contributed by atoms with Crippen LogP contribution in [0.4, 0.5) is 0 Å². The van der Waals surface area contributed by atoms with Gasteiger partial charge >= 0.3 is 0 Å². The number of aryl methyl sites for hydroxylation is 2. The number of epoxide rings is 1. The molecule has 0 unspecified atom stereocenters. The molecule has 2 heterocycles. The quantitative estimate of drug-likeness (QED) is 0.297. The van der Waals surface area contributed by atoms with Crippen molar-refractivity contribution >= 4 is 16.8 Å². The molecular formula is C26H22O4. The maximum Gasteiger partial charge on any atom is 0.198 e. The molecule has 0 N–H and O–H groups in total. The van der Waals surface area contributed by atoms with Crippen LogP contribution in [0.3, 0.4) is 0 Å². The Morgan fingerprint density at radius 1 is 0.933 bits per heavy atom. The number of hydrogen-bond donors (Lipinski definition) is 0. The molecule has 1 aliphatic rings. The highest BCUT2D eigenvalue weighted by atomic mass is 16.6. The number of benzene rings is 3. The minimum absolute atomic E-state index is 0.0772. The van der Waals surface area contributed by atoms with Gasteiger partial charge in [0.2, 0.25) is 0 Å². The van der Waals surface area contributed by atoms with E-state index in [1.54, 1.807) is 0 Å². The molecule has 0 saturated carbocycles. The Morgan fingerprint density at radius 2 is 1.67 bits per heavy atom. The highest BCUT2D eigenvalue weighted by Crippen LogP contribution is 2.44. The fourth-order valence-corrected chi connectivity index (χ4v) is 3.66. The molecule has 30 heavy (non-hydrogen) atoms. The van der Waals surface area contributed by atoms with Crippen molar-refractivity contribution in [2.75, 3.05) is 0 Å². The maximum absolute atomic E-state index is 13.3. The van der Waals surface area contributed by atoms with E-state index in [4.69, 9.17) is 13.9 Å². The predicted octanol–water partition coefficient (Wildman–Crippen LogP) is 5.95. The standard InChI is InChI=1S/C26H22O4/c1-16-12-20(22(13-17(16)2)28-15-18-8-4-3-5-9-18)24(27)26-25(30-26)23-14-19-10-6-7-11-21(19)29-23/h3-14,25-26H,15H2,1-2H3/t25-,26-/m1/s1. The van der Waals surface area contributed by atoms with Crippen molar-refractivity contribution in [2.24, 2.45) is 0 Å². The first kappa shape index (κ1) is 18.6. The van der Waals surface area contributed by atoms with Gasteiger partial charge in [0.05, 0.1) is 5.56 Å². The van der Waals surface area contributed by atoms with Crippen molar-refractivity contribution in [3.63, 3.8) is 0 Å². The molecule has 0 radical (unpaired) electrons. The first-order chi connectivity index (χ1) is 14.6. The second-order valence-corrected chi connectivity index (χ2v) is 7.74. The predicted molar refractivity (Wildman–Crippen MR) is 115 cm³/mol. The summed E-state index contributed by atoms with van der Waals surface area (Å²) in [6.45, 7) is 4.42. The summed E-state index contributed by atoms with van der Waals surface area (Å²) in [5.74, 6) is 1.20. The Morgan fingerprint density at radius 3 is 2.47 bits per heavy atom. The summed E-state index contributed by atoms with van der Waals surface area (Å²) in [5, 5.41) is 1.01. The zero-order valence-electron chi connectivity index (χ0n) is 16.9. The van der Waals surface area contributed by atoms with E-state index in [0.29, 0.717) is 23.7 Å². The molecule has 1 saturated heterocycles. The van der Waals surface area contributed by atoms with Crippen LogP contribution in [0.25, 0.3) is 11.0 Å². The van der Waals surface area contributed by atoms with Gasteiger partial charge in [0.25, 0.3) is 0 Å². The molecular weight excluding hydrogens is 376 g/mol. The Hall–Kier alpha value is -3.37. The summed E-state index contributed by atoms with van der Waals surface area (Å²) in [4.78, 5) is 13.3. The van der Waals surface area contributed by atoms with E-state index < -0.39 is 6.10 Å². The minimum atomic E-state index is -0.549. The number of fused-ring (bicyclic) bond motifs is 1. The van der Waals surface area contributed by atoms with Crippen molar-refractivity contribution in [3.8, 4) is 5.75 Å². The normalized spacial score (nSPS) is 17.8. The zero-order chi connectivity index (χ0) is 20.7. The van der Waals surface area contributed by atoms with Crippen molar-refractivity contribution in [2.45, 2.75) is 32.7 Å². The molecule has 3 aromatic carbocycles. The number of Topliss-reactive ketones (excluding diaryl/α,β-unsaturated/α-hetero) is 1. The molecule has 2 atom stereocenters. The first-order valence-electron chi connectivity index (χ1n) is 10.1. The number of furan rings is 1. The maximum atomic E-state index is 13.3. The number of carbonyl (C=O) groups excluding carboxylic acids is 1. The number of carbonyl (C=O) groups is 1. The second-order valence-electron chi connectivity index (χ2n) is 7.74. The molecule has 5 rings (SSSR count). The summed E-state index contributed by atoms with van der Waals surface area (Å²) < 4.78 is 17.7. The van der Waals surface area contributed by atoms with E-state index in [2.05, 4.69) is 0 Å². The summed E-state index contributed by atoms with van der Waals surface area (Å²) >= 11 is 0. The smallest absolute Gasteiger partial charge is 0.198 e. The monoisotopic (exact) mass is 398 g/mol. The van der Waals surface area contributed by atoms with Crippen LogP contribution in [0.5, 0.6) is 5.75 Å². The van der Waals surface area contributed by atoms with E-state index in [-0.39, 0.29) is 11.9 Å². The van der Waals surface area contributed by atoms with Gasteiger partial charge in [-0.2, -0.15) is 0 Å². The molecule has 0 amide bonds. The lowest BCUT2D eigenvalue weighted by Gasteiger charge is -2.13. The number of ether oxygens (including phenoxy) is 2. The van der Waals surface area contributed by atoms with E-state index in [0.717, 1.165) is 27.7 Å². The Balaban J connectivity index is 1.39. The lowest BCUT2D eigenvalue weighted by Crippen LogP contribution is -2.11. The lowest BCUT2D eigenvalue weighted by atomic mass is 9.99. The Labute approximate surface area is 175 Å². The number of rotatable bonds is 6. The molecule has 4 aromatic rings. The number of ketones is 1. The van der Waals surface area contributed by atoms with Gasteiger partial charge in [-0.1, -0.05) is 48.5 Å². The van der Waals surface area contributed by atoms with Crippen LogP contribution in [0.15, 0.2) is 77.2 Å². The summed E-state index contributed by atoms with van der Waals surface area (Å²) in [6.07, 6.45) is -0.903. The first-order valence-corrected chi connectivity index (χ1v) is 10.1.